The van der Waals surface area contributed by atoms with Gasteiger partial charge in [-0.2, -0.15) is 0 Å². The monoisotopic (exact) mass is 379 g/mol. The van der Waals surface area contributed by atoms with Crippen molar-refractivity contribution in [2.45, 2.75) is 33.2 Å². The highest BCUT2D eigenvalue weighted by molar-refractivity contribution is 5.81. The Hall–Kier alpha value is -2.91. The van der Waals surface area contributed by atoms with Crippen molar-refractivity contribution in [3.05, 3.63) is 27.2 Å². The van der Waals surface area contributed by atoms with Crippen LogP contribution in [0.4, 0.5) is 0 Å². The molecule has 0 fully saturated rings. The zero-order valence-corrected chi connectivity index (χ0v) is 16.1. The average Bonchev–Trinajstić information content (AvgIpc) is 3.06. The zero-order chi connectivity index (χ0) is 20.1. The van der Waals surface area contributed by atoms with Crippen LogP contribution in [0.15, 0.2) is 15.9 Å². The molecule has 1 amide bonds. The fourth-order valence-electron chi connectivity index (χ4n) is 2.84. The lowest BCUT2D eigenvalue weighted by molar-refractivity contribution is -0.152. The van der Waals surface area contributed by atoms with E-state index in [9.17, 15) is 19.2 Å². The van der Waals surface area contributed by atoms with E-state index in [-0.39, 0.29) is 30.2 Å². The maximum atomic E-state index is 12.3. The Balaban J connectivity index is 2.12. The molecule has 0 aromatic carbocycles. The largest absolute Gasteiger partial charge is 0.454 e. The third-order valence-corrected chi connectivity index (χ3v) is 4.21. The first-order valence-electron chi connectivity index (χ1n) is 8.86. The lowest BCUT2D eigenvalue weighted by Gasteiger charge is -2.21. The molecule has 0 aliphatic carbocycles. The van der Waals surface area contributed by atoms with Crippen molar-refractivity contribution in [2.24, 2.45) is 14.1 Å². The summed E-state index contributed by atoms with van der Waals surface area (Å²) < 4.78 is 8.57. The third-order valence-electron chi connectivity index (χ3n) is 4.21. The molecule has 0 atom stereocenters. The molecular formula is C17H25N5O5. The van der Waals surface area contributed by atoms with E-state index in [1.54, 1.807) is 4.90 Å². The second-order valence-electron chi connectivity index (χ2n) is 6.29. The summed E-state index contributed by atoms with van der Waals surface area (Å²) in [7, 11) is 2.85. The molecule has 27 heavy (non-hydrogen) atoms. The molecule has 0 saturated carbocycles. The number of hydrogen-bond donors (Lipinski definition) is 0. The van der Waals surface area contributed by atoms with E-state index in [0.717, 1.165) is 17.4 Å². The molecule has 2 heterocycles. The summed E-state index contributed by atoms with van der Waals surface area (Å²) in [5.41, 5.74) is -0.741. The van der Waals surface area contributed by atoms with Gasteiger partial charge in [0.05, 0.1) is 6.33 Å². The Morgan fingerprint density at radius 3 is 2.33 bits per heavy atom. The number of rotatable bonds is 8. The van der Waals surface area contributed by atoms with Gasteiger partial charge in [-0.3, -0.25) is 23.5 Å². The van der Waals surface area contributed by atoms with Gasteiger partial charge in [0, 0.05) is 27.2 Å². The summed E-state index contributed by atoms with van der Waals surface area (Å²) in [5.74, 6) is -0.910. The molecule has 2 aromatic rings. The minimum absolute atomic E-state index is 0.126. The maximum absolute atomic E-state index is 12.3. The number of ether oxygens (including phenoxy) is 1. The number of imidazole rings is 1. The van der Waals surface area contributed by atoms with Gasteiger partial charge in [-0.05, 0) is 12.8 Å². The van der Waals surface area contributed by atoms with Crippen molar-refractivity contribution >= 4 is 23.0 Å². The van der Waals surface area contributed by atoms with Gasteiger partial charge in [-0.1, -0.05) is 13.8 Å². The van der Waals surface area contributed by atoms with Crippen molar-refractivity contribution in [1.82, 2.24) is 23.6 Å². The van der Waals surface area contributed by atoms with Crippen molar-refractivity contribution in [1.29, 1.82) is 0 Å². The number of aromatic nitrogens is 4. The SMILES string of the molecule is CCCN(CCC)C(=O)COC(=O)Cn1cnc2c1c(=O)n(C)c(=O)n2C. The van der Waals surface area contributed by atoms with E-state index in [4.69, 9.17) is 4.74 Å². The van der Waals surface area contributed by atoms with Crippen molar-refractivity contribution < 1.29 is 14.3 Å². The Morgan fingerprint density at radius 2 is 1.74 bits per heavy atom. The summed E-state index contributed by atoms with van der Waals surface area (Å²) in [6, 6.07) is 0. The molecule has 0 spiro atoms. The summed E-state index contributed by atoms with van der Waals surface area (Å²) in [6.45, 7) is 4.54. The predicted octanol–water partition coefficient (Wildman–Crippen LogP) is -0.374. The van der Waals surface area contributed by atoms with E-state index in [1.807, 2.05) is 13.8 Å². The lowest BCUT2D eigenvalue weighted by Crippen LogP contribution is -2.38. The van der Waals surface area contributed by atoms with Crippen LogP contribution in [0.3, 0.4) is 0 Å². The molecule has 0 unspecified atom stereocenters. The molecule has 0 aliphatic heterocycles. The Bertz CT molecular complexity index is 949. The number of nitrogens with zero attached hydrogens (tertiary/aromatic N) is 5. The van der Waals surface area contributed by atoms with Crippen molar-refractivity contribution in [3.63, 3.8) is 0 Å². The van der Waals surface area contributed by atoms with E-state index in [1.165, 1.54) is 29.6 Å². The van der Waals surface area contributed by atoms with Crippen LogP contribution < -0.4 is 11.2 Å². The quantitative estimate of drug-likeness (QED) is 0.579. The second-order valence-corrected chi connectivity index (χ2v) is 6.29. The molecule has 10 nitrogen and oxygen atoms in total. The molecule has 0 saturated heterocycles. The highest BCUT2D eigenvalue weighted by Gasteiger charge is 2.18. The molecular weight excluding hydrogens is 354 g/mol. The standard InChI is InChI=1S/C17H25N5O5/c1-5-7-21(8-6-2)12(23)10-27-13(24)9-22-11-18-15-14(22)16(25)20(4)17(26)19(15)3/h11H,5-10H2,1-4H3. The Morgan fingerprint density at radius 1 is 1.11 bits per heavy atom. The first-order chi connectivity index (χ1) is 12.8. The molecule has 0 N–H and O–H groups in total. The number of carbonyl (C=O) groups excluding carboxylic acids is 2. The average molecular weight is 379 g/mol. The molecule has 0 radical (unpaired) electrons. The highest BCUT2D eigenvalue weighted by atomic mass is 16.5. The maximum Gasteiger partial charge on any atom is 0.332 e. The van der Waals surface area contributed by atoms with Crippen LogP contribution in [0, 0.1) is 0 Å². The number of fused-ring (bicyclic) bond motifs is 1. The molecule has 2 rings (SSSR count). The van der Waals surface area contributed by atoms with Crippen molar-refractivity contribution in [3.8, 4) is 0 Å². The molecule has 2 aromatic heterocycles. The number of hydrogen-bond acceptors (Lipinski definition) is 6. The van der Waals surface area contributed by atoms with Crippen molar-refractivity contribution in [2.75, 3.05) is 19.7 Å². The summed E-state index contributed by atoms with van der Waals surface area (Å²) in [6.07, 6.45) is 2.94. The third kappa shape index (κ3) is 4.26. The smallest absolute Gasteiger partial charge is 0.332 e. The van der Waals surface area contributed by atoms with Gasteiger partial charge in [-0.15, -0.1) is 0 Å². The molecule has 0 aliphatic rings. The van der Waals surface area contributed by atoms with Gasteiger partial charge in [0.1, 0.15) is 6.54 Å². The molecule has 148 valence electrons. The first-order valence-corrected chi connectivity index (χ1v) is 8.86. The predicted molar refractivity (Wildman–Crippen MR) is 98.3 cm³/mol. The number of carbonyl (C=O) groups is 2. The summed E-state index contributed by atoms with van der Waals surface area (Å²) >= 11 is 0. The van der Waals surface area contributed by atoms with Crippen LogP contribution in [0.5, 0.6) is 0 Å². The summed E-state index contributed by atoms with van der Waals surface area (Å²) in [5, 5.41) is 0. The van der Waals surface area contributed by atoms with Gasteiger partial charge >= 0.3 is 11.7 Å². The lowest BCUT2D eigenvalue weighted by atomic mass is 10.3. The van der Waals surface area contributed by atoms with Gasteiger partial charge in [0.2, 0.25) is 0 Å². The van der Waals surface area contributed by atoms with E-state index < -0.39 is 17.2 Å². The second kappa shape index (κ2) is 8.65. The van der Waals surface area contributed by atoms with Gasteiger partial charge in [-0.25, -0.2) is 9.78 Å². The molecule has 10 heteroatoms. The fraction of sp³-hybridized carbons (Fsp3) is 0.588. The van der Waals surface area contributed by atoms with Gasteiger partial charge < -0.3 is 14.2 Å². The number of aryl methyl sites for hydroxylation is 1. The highest BCUT2D eigenvalue weighted by Crippen LogP contribution is 2.06. The fourth-order valence-corrected chi connectivity index (χ4v) is 2.84. The van der Waals surface area contributed by atoms with E-state index >= 15 is 0 Å². The van der Waals surface area contributed by atoms with Crippen LogP contribution in [0.1, 0.15) is 26.7 Å². The Labute approximate surface area is 156 Å². The van der Waals surface area contributed by atoms with Crippen LogP contribution in [-0.2, 0) is 35.0 Å². The van der Waals surface area contributed by atoms with Crippen LogP contribution in [0.25, 0.3) is 11.2 Å². The van der Waals surface area contributed by atoms with E-state index in [0.29, 0.717) is 13.1 Å². The Kier molecular flexibility index (Phi) is 6.54. The normalized spacial score (nSPS) is 11.0. The first kappa shape index (κ1) is 20.4. The minimum Gasteiger partial charge on any atom is -0.454 e. The summed E-state index contributed by atoms with van der Waals surface area (Å²) in [4.78, 5) is 54.2. The molecule has 0 bridgehead atoms. The number of amides is 1. The minimum atomic E-state index is -0.661. The van der Waals surface area contributed by atoms with Gasteiger partial charge in [0.25, 0.3) is 11.5 Å². The van der Waals surface area contributed by atoms with E-state index in [2.05, 4.69) is 4.98 Å². The van der Waals surface area contributed by atoms with Crippen LogP contribution in [0.2, 0.25) is 0 Å². The number of esters is 1. The topological polar surface area (TPSA) is 108 Å². The van der Waals surface area contributed by atoms with Crippen LogP contribution >= 0.6 is 0 Å². The van der Waals surface area contributed by atoms with Crippen LogP contribution in [-0.4, -0.2) is 55.2 Å². The zero-order valence-electron chi connectivity index (χ0n) is 16.1. The van der Waals surface area contributed by atoms with Gasteiger partial charge in [0.15, 0.2) is 17.8 Å².